The molecule has 0 fully saturated rings. The van der Waals surface area contributed by atoms with Gasteiger partial charge in [0.25, 0.3) is 0 Å². The average molecular weight is 537 g/mol. The van der Waals surface area contributed by atoms with E-state index >= 15 is 0 Å². The molecule has 0 bridgehead atoms. The highest BCUT2D eigenvalue weighted by atomic mass is 14.6. The summed E-state index contributed by atoms with van der Waals surface area (Å²) in [5, 5.41) is 0. The fourth-order valence-electron chi connectivity index (χ4n) is 7.13. The SMILES string of the molecule is C1=CC(c2ccccc2)(c2ccccc2)C(c2ccccc2)(c2ccccc2)C(c2ccccc2)=C1c1ccccc1. The van der Waals surface area contributed by atoms with E-state index in [2.05, 4.69) is 194 Å². The molecule has 0 atom stereocenters. The van der Waals surface area contributed by atoms with Gasteiger partial charge in [0, 0.05) is 0 Å². The molecule has 200 valence electrons. The first-order valence-electron chi connectivity index (χ1n) is 14.6. The predicted octanol–water partition coefficient (Wildman–Crippen LogP) is 10.1. The lowest BCUT2D eigenvalue weighted by Gasteiger charge is -2.55. The monoisotopic (exact) mass is 536 g/mol. The number of rotatable bonds is 6. The number of hydrogen-bond donors (Lipinski definition) is 0. The Balaban J connectivity index is 1.77. The lowest BCUT2D eigenvalue weighted by Crippen LogP contribution is -2.52. The molecule has 0 aromatic heterocycles. The van der Waals surface area contributed by atoms with Crippen molar-refractivity contribution in [2.45, 2.75) is 10.8 Å². The van der Waals surface area contributed by atoms with Gasteiger partial charge in [0.15, 0.2) is 0 Å². The van der Waals surface area contributed by atoms with E-state index in [-0.39, 0.29) is 0 Å². The Morgan fingerprint density at radius 1 is 0.310 bits per heavy atom. The van der Waals surface area contributed by atoms with E-state index in [0.29, 0.717) is 0 Å². The molecule has 0 amide bonds. The van der Waals surface area contributed by atoms with Crippen LogP contribution in [0.15, 0.2) is 194 Å². The van der Waals surface area contributed by atoms with Gasteiger partial charge >= 0.3 is 0 Å². The van der Waals surface area contributed by atoms with E-state index < -0.39 is 10.8 Å². The minimum Gasteiger partial charge on any atom is -0.0674 e. The molecule has 0 saturated carbocycles. The van der Waals surface area contributed by atoms with Crippen LogP contribution >= 0.6 is 0 Å². The quantitative estimate of drug-likeness (QED) is 0.199. The molecule has 0 unspecified atom stereocenters. The Morgan fingerprint density at radius 2 is 0.643 bits per heavy atom. The number of benzene rings is 6. The van der Waals surface area contributed by atoms with Crippen LogP contribution in [-0.2, 0) is 10.8 Å². The van der Waals surface area contributed by atoms with Gasteiger partial charge in [0.05, 0.1) is 10.8 Å². The molecule has 0 radical (unpaired) electrons. The largest absolute Gasteiger partial charge is 0.0674 e. The molecule has 0 heterocycles. The lowest BCUT2D eigenvalue weighted by molar-refractivity contribution is 0.459. The van der Waals surface area contributed by atoms with Crippen molar-refractivity contribution in [1.82, 2.24) is 0 Å². The molecule has 0 nitrogen and oxygen atoms in total. The summed E-state index contributed by atoms with van der Waals surface area (Å²) in [4.78, 5) is 0. The fourth-order valence-corrected chi connectivity index (χ4v) is 7.13. The first-order valence-corrected chi connectivity index (χ1v) is 14.6. The average Bonchev–Trinajstić information content (AvgIpc) is 3.10. The van der Waals surface area contributed by atoms with Crippen molar-refractivity contribution in [3.8, 4) is 0 Å². The molecule has 6 aromatic rings. The third-order valence-electron chi connectivity index (χ3n) is 8.75. The van der Waals surface area contributed by atoms with Crippen molar-refractivity contribution in [3.05, 3.63) is 228 Å². The Morgan fingerprint density at radius 3 is 1.05 bits per heavy atom. The van der Waals surface area contributed by atoms with Gasteiger partial charge in [-0.15, -0.1) is 0 Å². The Bertz CT molecular complexity index is 1740. The molecule has 1 aliphatic carbocycles. The summed E-state index contributed by atoms with van der Waals surface area (Å²) < 4.78 is 0. The van der Waals surface area contributed by atoms with Crippen LogP contribution in [0, 0.1) is 0 Å². The van der Waals surface area contributed by atoms with Crippen molar-refractivity contribution < 1.29 is 0 Å². The molecule has 0 N–H and O–H groups in total. The Hall–Kier alpha value is -5.20. The highest BCUT2D eigenvalue weighted by Gasteiger charge is 2.58. The molecule has 6 aromatic carbocycles. The zero-order valence-electron chi connectivity index (χ0n) is 23.5. The summed E-state index contributed by atoms with van der Waals surface area (Å²) in [6.45, 7) is 0. The van der Waals surface area contributed by atoms with E-state index in [1.165, 1.54) is 44.5 Å². The van der Waals surface area contributed by atoms with Gasteiger partial charge in [-0.05, 0) is 44.5 Å². The van der Waals surface area contributed by atoms with Crippen molar-refractivity contribution >= 4 is 11.1 Å². The molecule has 7 rings (SSSR count). The van der Waals surface area contributed by atoms with Crippen LogP contribution in [0.4, 0.5) is 0 Å². The van der Waals surface area contributed by atoms with E-state index in [1.54, 1.807) is 0 Å². The zero-order chi connectivity index (χ0) is 28.2. The molecule has 0 aliphatic heterocycles. The van der Waals surface area contributed by atoms with E-state index in [0.717, 1.165) is 0 Å². The fraction of sp³-hybridized carbons (Fsp3) is 0.0476. The second-order valence-corrected chi connectivity index (χ2v) is 10.9. The van der Waals surface area contributed by atoms with Crippen LogP contribution in [0.2, 0.25) is 0 Å². The second kappa shape index (κ2) is 11.0. The zero-order valence-corrected chi connectivity index (χ0v) is 23.5. The second-order valence-electron chi connectivity index (χ2n) is 10.9. The predicted molar refractivity (Wildman–Crippen MR) is 176 cm³/mol. The maximum atomic E-state index is 2.48. The smallest absolute Gasteiger partial charge is 0.0635 e. The van der Waals surface area contributed by atoms with Crippen molar-refractivity contribution in [2.24, 2.45) is 0 Å². The third-order valence-corrected chi connectivity index (χ3v) is 8.75. The van der Waals surface area contributed by atoms with Crippen LogP contribution in [0.25, 0.3) is 11.1 Å². The van der Waals surface area contributed by atoms with Crippen LogP contribution in [-0.4, -0.2) is 0 Å². The summed E-state index contributed by atoms with van der Waals surface area (Å²) in [7, 11) is 0. The molecule has 0 heteroatoms. The topological polar surface area (TPSA) is 0 Å². The van der Waals surface area contributed by atoms with Crippen LogP contribution in [0.5, 0.6) is 0 Å². The van der Waals surface area contributed by atoms with E-state index in [1.807, 2.05) is 0 Å². The third kappa shape index (κ3) is 3.99. The van der Waals surface area contributed by atoms with Gasteiger partial charge in [-0.1, -0.05) is 194 Å². The molecule has 42 heavy (non-hydrogen) atoms. The maximum absolute atomic E-state index is 2.48. The standard InChI is InChI=1S/C42H32/c1-7-19-33(20-8-1)39-31-32-41(35-23-11-3-12-24-35,36-25-13-4-14-26-36)42(37-27-15-5-16-28-37,38-29-17-6-18-30-38)40(39)34-21-9-2-10-22-34/h1-32H. The van der Waals surface area contributed by atoms with E-state index in [4.69, 9.17) is 0 Å². The first-order chi connectivity index (χ1) is 20.9. The number of allylic oxidation sites excluding steroid dienone is 4. The molecule has 0 saturated heterocycles. The van der Waals surface area contributed by atoms with Gasteiger partial charge in [0.1, 0.15) is 0 Å². The highest BCUT2D eigenvalue weighted by Crippen LogP contribution is 2.63. The minimum absolute atomic E-state index is 0.568. The summed E-state index contributed by atoms with van der Waals surface area (Å²) in [6.07, 6.45) is 4.86. The summed E-state index contributed by atoms with van der Waals surface area (Å²) in [5.74, 6) is 0. The number of hydrogen-bond acceptors (Lipinski definition) is 0. The summed E-state index contributed by atoms with van der Waals surface area (Å²) in [6, 6.07) is 66.2. The Labute approximate surface area is 249 Å². The molecular weight excluding hydrogens is 504 g/mol. The summed E-state index contributed by atoms with van der Waals surface area (Å²) in [5.41, 5.74) is 8.76. The molecule has 1 aliphatic rings. The van der Waals surface area contributed by atoms with Gasteiger partial charge in [0.2, 0.25) is 0 Å². The minimum atomic E-state index is -0.625. The van der Waals surface area contributed by atoms with Gasteiger partial charge in [-0.3, -0.25) is 0 Å². The van der Waals surface area contributed by atoms with Gasteiger partial charge in [-0.2, -0.15) is 0 Å². The highest BCUT2D eigenvalue weighted by molar-refractivity contribution is 6.04. The van der Waals surface area contributed by atoms with Crippen LogP contribution < -0.4 is 0 Å². The molecular formula is C42H32. The molecule has 0 spiro atoms. The summed E-state index contributed by atoms with van der Waals surface area (Å²) >= 11 is 0. The van der Waals surface area contributed by atoms with Crippen molar-refractivity contribution in [2.75, 3.05) is 0 Å². The van der Waals surface area contributed by atoms with E-state index in [9.17, 15) is 0 Å². The first kappa shape index (κ1) is 25.7. The normalized spacial score (nSPS) is 15.3. The van der Waals surface area contributed by atoms with Crippen molar-refractivity contribution in [1.29, 1.82) is 0 Å². The van der Waals surface area contributed by atoms with Gasteiger partial charge in [-0.25, -0.2) is 0 Å². The van der Waals surface area contributed by atoms with Crippen LogP contribution in [0.3, 0.4) is 0 Å². The maximum Gasteiger partial charge on any atom is 0.0635 e. The van der Waals surface area contributed by atoms with Crippen LogP contribution in [0.1, 0.15) is 33.4 Å². The Kier molecular flexibility index (Phi) is 6.74. The van der Waals surface area contributed by atoms with Gasteiger partial charge < -0.3 is 0 Å². The van der Waals surface area contributed by atoms with Crippen molar-refractivity contribution in [3.63, 3.8) is 0 Å². The lowest BCUT2D eigenvalue weighted by atomic mass is 9.46.